The normalized spacial score (nSPS) is 11.5. The number of nitrogens with zero attached hydrogens (tertiary/aromatic N) is 3. The molecule has 1 aromatic heterocycles. The highest BCUT2D eigenvalue weighted by Gasteiger charge is 2.24. The molecular weight excluding hydrogens is 548 g/mol. The highest BCUT2D eigenvalue weighted by molar-refractivity contribution is 7.92. The van der Waals surface area contributed by atoms with E-state index in [0.29, 0.717) is 51.5 Å². The first-order chi connectivity index (χ1) is 18.1. The Morgan fingerprint density at radius 3 is 2.26 bits per heavy atom. The van der Waals surface area contributed by atoms with E-state index in [0.717, 1.165) is 4.70 Å². The van der Waals surface area contributed by atoms with Gasteiger partial charge in [0, 0.05) is 24.3 Å². The molecule has 0 fully saturated rings. The topological polar surface area (TPSA) is 101 Å². The van der Waals surface area contributed by atoms with Crippen molar-refractivity contribution in [1.82, 2.24) is 9.88 Å². The minimum Gasteiger partial charge on any atom is -0.497 e. The summed E-state index contributed by atoms with van der Waals surface area (Å²) in [6, 6.07) is 15.8. The first-order valence-corrected chi connectivity index (χ1v) is 14.2. The number of hydrogen-bond acceptors (Lipinski definition) is 8. The van der Waals surface area contributed by atoms with Gasteiger partial charge in [0.25, 0.3) is 15.9 Å². The van der Waals surface area contributed by atoms with Gasteiger partial charge in [0.05, 0.1) is 28.8 Å². The lowest BCUT2D eigenvalue weighted by Gasteiger charge is -2.22. The number of carbonyl (C=O) groups excluding carboxylic acids is 1. The molecule has 0 saturated heterocycles. The molecule has 0 aliphatic rings. The van der Waals surface area contributed by atoms with E-state index in [-0.39, 0.29) is 10.8 Å². The van der Waals surface area contributed by atoms with Gasteiger partial charge in [0.15, 0.2) is 5.13 Å². The predicted molar refractivity (Wildman–Crippen MR) is 152 cm³/mol. The number of amides is 1. The van der Waals surface area contributed by atoms with Crippen LogP contribution in [0.2, 0.25) is 5.02 Å². The number of halogens is 1. The third-order valence-electron chi connectivity index (χ3n) is 5.67. The molecule has 0 atom stereocenters. The van der Waals surface area contributed by atoms with E-state index in [4.69, 9.17) is 21.1 Å². The number of carbonyl (C=O) groups is 1. The lowest BCUT2D eigenvalue weighted by Crippen LogP contribution is -2.36. The number of likely N-dealkylation sites (N-methyl/N-ethyl adjacent to an activating group) is 1. The van der Waals surface area contributed by atoms with Crippen LogP contribution < -0.4 is 19.1 Å². The standard InChI is InChI=1S/C26H27ClN4O5S2/c1-30(2)15-16-31(26-28-23-22(36-4)14-13-21(27)24(23)37-26)25(32)17-5-7-18(8-6-17)29-38(33,34)20-11-9-19(35-3)10-12-20/h5-14,29H,15-16H2,1-4H3. The summed E-state index contributed by atoms with van der Waals surface area (Å²) in [4.78, 5) is 21.9. The lowest BCUT2D eigenvalue weighted by molar-refractivity contribution is 0.0985. The zero-order valence-electron chi connectivity index (χ0n) is 21.3. The number of fused-ring (bicyclic) bond motifs is 1. The molecule has 38 heavy (non-hydrogen) atoms. The summed E-state index contributed by atoms with van der Waals surface area (Å²) in [5.74, 6) is 0.852. The van der Waals surface area contributed by atoms with Crippen LogP contribution in [0.3, 0.4) is 0 Å². The van der Waals surface area contributed by atoms with Crippen LogP contribution in [0.15, 0.2) is 65.6 Å². The Morgan fingerprint density at radius 1 is 0.974 bits per heavy atom. The van der Waals surface area contributed by atoms with Gasteiger partial charge in [0.1, 0.15) is 17.0 Å². The predicted octanol–water partition coefficient (Wildman–Crippen LogP) is 4.98. The van der Waals surface area contributed by atoms with Crippen molar-refractivity contribution in [2.45, 2.75) is 4.90 Å². The zero-order chi connectivity index (χ0) is 27.4. The average molecular weight is 575 g/mol. The van der Waals surface area contributed by atoms with Crippen LogP contribution >= 0.6 is 22.9 Å². The van der Waals surface area contributed by atoms with E-state index in [9.17, 15) is 13.2 Å². The third kappa shape index (κ3) is 6.02. The molecule has 1 N–H and O–H groups in total. The van der Waals surface area contributed by atoms with Crippen LogP contribution in [-0.4, -0.2) is 65.6 Å². The summed E-state index contributed by atoms with van der Waals surface area (Å²) in [5, 5.41) is 1.01. The number of rotatable bonds is 10. The Balaban J connectivity index is 1.60. The molecule has 200 valence electrons. The molecular formula is C26H27ClN4O5S2. The summed E-state index contributed by atoms with van der Waals surface area (Å²) in [5.41, 5.74) is 1.30. The molecule has 0 saturated carbocycles. The Bertz CT molecular complexity index is 1540. The maximum Gasteiger partial charge on any atom is 0.261 e. The summed E-state index contributed by atoms with van der Waals surface area (Å²) >= 11 is 7.71. The van der Waals surface area contributed by atoms with E-state index in [1.165, 1.54) is 30.6 Å². The molecule has 0 bridgehead atoms. The fraction of sp³-hybridized carbons (Fsp3) is 0.231. The van der Waals surface area contributed by atoms with Gasteiger partial charge >= 0.3 is 0 Å². The number of methoxy groups -OCH3 is 2. The number of nitrogens with one attached hydrogen (secondary N) is 1. The van der Waals surface area contributed by atoms with Crippen molar-refractivity contribution < 1.29 is 22.7 Å². The van der Waals surface area contributed by atoms with Crippen molar-refractivity contribution in [3.63, 3.8) is 0 Å². The number of benzene rings is 3. The SMILES string of the molecule is COc1ccc(S(=O)(=O)Nc2ccc(C(=O)N(CCN(C)C)c3nc4c(OC)ccc(Cl)c4s3)cc2)cc1. The second-order valence-electron chi connectivity index (χ2n) is 8.54. The van der Waals surface area contributed by atoms with Crippen LogP contribution in [-0.2, 0) is 10.0 Å². The second-order valence-corrected chi connectivity index (χ2v) is 11.6. The van der Waals surface area contributed by atoms with E-state index in [1.54, 1.807) is 60.5 Å². The summed E-state index contributed by atoms with van der Waals surface area (Å²) in [6.45, 7) is 0.990. The van der Waals surface area contributed by atoms with Crippen molar-refractivity contribution >= 4 is 59.9 Å². The van der Waals surface area contributed by atoms with Gasteiger partial charge in [-0.3, -0.25) is 14.4 Å². The molecule has 0 aliphatic heterocycles. The van der Waals surface area contributed by atoms with Crippen molar-refractivity contribution in [2.75, 3.05) is 51.0 Å². The lowest BCUT2D eigenvalue weighted by atomic mass is 10.2. The molecule has 9 nitrogen and oxygen atoms in total. The number of anilines is 2. The minimum atomic E-state index is -3.81. The van der Waals surface area contributed by atoms with E-state index >= 15 is 0 Å². The summed E-state index contributed by atoms with van der Waals surface area (Å²) < 4.78 is 39.3. The molecule has 1 heterocycles. The minimum absolute atomic E-state index is 0.0956. The monoisotopic (exact) mass is 574 g/mol. The molecule has 12 heteroatoms. The molecule has 1 amide bonds. The Kier molecular flexibility index (Phi) is 8.41. The van der Waals surface area contributed by atoms with E-state index in [2.05, 4.69) is 9.71 Å². The van der Waals surface area contributed by atoms with Gasteiger partial charge in [-0.25, -0.2) is 13.4 Å². The molecule has 0 radical (unpaired) electrons. The maximum atomic E-state index is 13.6. The quantitative estimate of drug-likeness (QED) is 0.285. The smallest absolute Gasteiger partial charge is 0.261 e. The maximum absolute atomic E-state index is 13.6. The zero-order valence-corrected chi connectivity index (χ0v) is 23.7. The first-order valence-electron chi connectivity index (χ1n) is 11.5. The van der Waals surface area contributed by atoms with Gasteiger partial charge in [-0.2, -0.15) is 0 Å². The van der Waals surface area contributed by atoms with Crippen LogP contribution in [0.5, 0.6) is 11.5 Å². The highest BCUT2D eigenvalue weighted by atomic mass is 35.5. The van der Waals surface area contributed by atoms with Gasteiger partial charge < -0.3 is 14.4 Å². The first kappa shape index (κ1) is 27.6. The number of hydrogen-bond donors (Lipinski definition) is 1. The van der Waals surface area contributed by atoms with Gasteiger partial charge in [0.2, 0.25) is 0 Å². The fourth-order valence-corrected chi connectivity index (χ4v) is 5.95. The van der Waals surface area contributed by atoms with Gasteiger partial charge in [-0.1, -0.05) is 22.9 Å². The van der Waals surface area contributed by atoms with Crippen molar-refractivity contribution in [1.29, 1.82) is 0 Å². The van der Waals surface area contributed by atoms with E-state index in [1.807, 2.05) is 19.0 Å². The highest BCUT2D eigenvalue weighted by Crippen LogP contribution is 2.39. The van der Waals surface area contributed by atoms with Crippen LogP contribution in [0.4, 0.5) is 10.8 Å². The second kappa shape index (κ2) is 11.6. The van der Waals surface area contributed by atoms with Gasteiger partial charge in [-0.15, -0.1) is 0 Å². The van der Waals surface area contributed by atoms with Crippen molar-refractivity contribution in [3.8, 4) is 11.5 Å². The van der Waals surface area contributed by atoms with E-state index < -0.39 is 10.0 Å². The molecule has 0 unspecified atom stereocenters. The molecule has 4 aromatic rings. The Hall–Kier alpha value is -3.38. The number of ether oxygens (including phenoxy) is 2. The molecule has 0 spiro atoms. The van der Waals surface area contributed by atoms with Crippen molar-refractivity contribution in [2.24, 2.45) is 0 Å². The number of thiazole rings is 1. The Morgan fingerprint density at radius 2 is 1.66 bits per heavy atom. The number of aromatic nitrogens is 1. The third-order valence-corrected chi connectivity index (χ3v) is 8.60. The fourth-order valence-electron chi connectivity index (χ4n) is 3.61. The van der Waals surface area contributed by atoms with Crippen molar-refractivity contribution in [3.05, 3.63) is 71.2 Å². The van der Waals surface area contributed by atoms with Gasteiger partial charge in [-0.05, 0) is 74.8 Å². The molecule has 3 aromatic carbocycles. The summed E-state index contributed by atoms with van der Waals surface area (Å²) in [7, 11) is 3.09. The summed E-state index contributed by atoms with van der Waals surface area (Å²) in [6.07, 6.45) is 0. The van der Waals surface area contributed by atoms with Crippen LogP contribution in [0.25, 0.3) is 10.2 Å². The van der Waals surface area contributed by atoms with Crippen LogP contribution in [0.1, 0.15) is 10.4 Å². The molecule has 4 rings (SSSR count). The Labute approximate surface area is 230 Å². The van der Waals surface area contributed by atoms with Crippen LogP contribution in [0, 0.1) is 0 Å². The molecule has 0 aliphatic carbocycles. The average Bonchev–Trinajstić information content (AvgIpc) is 3.35. The number of sulfonamides is 1. The largest absolute Gasteiger partial charge is 0.497 e.